The fourth-order valence-electron chi connectivity index (χ4n) is 6.75. The van der Waals surface area contributed by atoms with E-state index >= 15 is 0 Å². The molecule has 150 valence electrons. The van der Waals surface area contributed by atoms with Crippen LogP contribution in [0.1, 0.15) is 50.5 Å². The Labute approximate surface area is 166 Å². The number of hydrogen-bond donors (Lipinski definition) is 1. The zero-order valence-electron chi connectivity index (χ0n) is 16.9. The third-order valence-corrected chi connectivity index (χ3v) is 7.55. The quantitative estimate of drug-likeness (QED) is 0.868. The maximum Gasteiger partial charge on any atom is 0.227 e. The Bertz CT molecular complexity index is 783. The number of rotatable bonds is 4. The molecule has 0 spiro atoms. The van der Waals surface area contributed by atoms with Crippen molar-refractivity contribution in [3.63, 3.8) is 0 Å². The first-order chi connectivity index (χ1) is 13.4. The topological polar surface area (TPSA) is 58.6 Å². The van der Waals surface area contributed by atoms with Crippen molar-refractivity contribution in [3.05, 3.63) is 23.8 Å². The molecule has 0 unspecified atom stereocenters. The lowest BCUT2D eigenvalue weighted by atomic mass is 9.53. The van der Waals surface area contributed by atoms with Crippen LogP contribution in [0.2, 0.25) is 0 Å². The van der Waals surface area contributed by atoms with Gasteiger partial charge in [-0.05, 0) is 80.9 Å². The van der Waals surface area contributed by atoms with E-state index < -0.39 is 0 Å². The number of carbonyl (C=O) groups excluding carboxylic acids is 2. The first kappa shape index (κ1) is 18.0. The number of benzene rings is 1. The lowest BCUT2D eigenvalue weighted by Crippen LogP contribution is -2.60. The summed E-state index contributed by atoms with van der Waals surface area (Å²) in [6.07, 6.45) is 7.78. The minimum absolute atomic E-state index is 0.00330. The fourth-order valence-corrected chi connectivity index (χ4v) is 6.75. The van der Waals surface area contributed by atoms with E-state index in [0.717, 1.165) is 48.3 Å². The molecule has 28 heavy (non-hydrogen) atoms. The van der Waals surface area contributed by atoms with E-state index in [4.69, 9.17) is 4.74 Å². The van der Waals surface area contributed by atoms with Gasteiger partial charge in [-0.2, -0.15) is 0 Å². The summed E-state index contributed by atoms with van der Waals surface area (Å²) in [7, 11) is 1.62. The Morgan fingerprint density at radius 3 is 2.39 bits per heavy atom. The van der Waals surface area contributed by atoms with Gasteiger partial charge in [0.1, 0.15) is 5.75 Å². The number of methoxy groups -OCH3 is 1. The Kier molecular flexibility index (Phi) is 4.18. The van der Waals surface area contributed by atoms with Crippen LogP contribution < -0.4 is 15.0 Å². The number of amides is 2. The molecule has 1 aliphatic heterocycles. The summed E-state index contributed by atoms with van der Waals surface area (Å²) in [5.41, 5.74) is 1.85. The van der Waals surface area contributed by atoms with E-state index in [1.807, 2.05) is 25.1 Å². The zero-order valence-corrected chi connectivity index (χ0v) is 16.9. The summed E-state index contributed by atoms with van der Waals surface area (Å²) in [4.78, 5) is 27.6. The van der Waals surface area contributed by atoms with Gasteiger partial charge in [0.2, 0.25) is 11.8 Å². The van der Waals surface area contributed by atoms with Crippen LogP contribution in [0.25, 0.3) is 0 Å². The maximum atomic E-state index is 13.2. The van der Waals surface area contributed by atoms with Crippen molar-refractivity contribution < 1.29 is 14.3 Å². The third-order valence-electron chi connectivity index (χ3n) is 7.55. The highest BCUT2D eigenvalue weighted by Crippen LogP contribution is 2.55. The fraction of sp³-hybridized carbons (Fsp3) is 0.652. The average molecular weight is 383 g/mol. The van der Waals surface area contributed by atoms with E-state index in [0.29, 0.717) is 12.3 Å². The standard InChI is InChI=1S/C23H30N2O3/c1-14-3-4-20(28-2)19(5-14)25-13-18(9-21(25)26)22(27)24-23-10-15-6-16(11-23)8-17(7-15)12-23/h3-5,15-18H,6-13H2,1-2H3,(H,24,27)/t15?,16?,17?,18-,23?/m1/s1. The number of aryl methyl sites for hydroxylation is 1. The smallest absolute Gasteiger partial charge is 0.227 e. The molecule has 1 saturated heterocycles. The highest BCUT2D eigenvalue weighted by atomic mass is 16.5. The minimum Gasteiger partial charge on any atom is -0.495 e. The molecule has 4 aliphatic carbocycles. The summed E-state index contributed by atoms with van der Waals surface area (Å²) in [6, 6.07) is 5.83. The largest absolute Gasteiger partial charge is 0.495 e. The molecular weight excluding hydrogens is 352 g/mol. The summed E-state index contributed by atoms with van der Waals surface area (Å²) in [6.45, 7) is 2.44. The Balaban J connectivity index is 1.31. The lowest BCUT2D eigenvalue weighted by molar-refractivity contribution is -0.131. The summed E-state index contributed by atoms with van der Waals surface area (Å²) < 4.78 is 5.45. The second-order valence-corrected chi connectivity index (χ2v) is 9.77. The van der Waals surface area contributed by atoms with Crippen LogP contribution in [0.4, 0.5) is 5.69 Å². The van der Waals surface area contributed by atoms with E-state index in [1.165, 1.54) is 19.3 Å². The van der Waals surface area contributed by atoms with Gasteiger partial charge in [0.05, 0.1) is 18.7 Å². The van der Waals surface area contributed by atoms with Crippen molar-refractivity contribution in [2.24, 2.45) is 23.7 Å². The number of hydrogen-bond acceptors (Lipinski definition) is 3. The van der Waals surface area contributed by atoms with Crippen molar-refractivity contribution >= 4 is 17.5 Å². The molecule has 5 fully saturated rings. The molecule has 1 atom stereocenters. The monoisotopic (exact) mass is 382 g/mol. The molecule has 0 radical (unpaired) electrons. The number of ether oxygens (including phenoxy) is 1. The Morgan fingerprint density at radius 1 is 1.14 bits per heavy atom. The zero-order chi connectivity index (χ0) is 19.5. The minimum atomic E-state index is -0.272. The number of nitrogens with zero attached hydrogens (tertiary/aromatic N) is 1. The molecule has 4 saturated carbocycles. The van der Waals surface area contributed by atoms with Crippen molar-refractivity contribution in [2.75, 3.05) is 18.6 Å². The van der Waals surface area contributed by atoms with Crippen molar-refractivity contribution in [1.29, 1.82) is 0 Å². The summed E-state index contributed by atoms with van der Waals surface area (Å²) in [5, 5.41) is 3.45. The molecule has 5 aliphatic rings. The average Bonchev–Trinajstić information content (AvgIpc) is 3.02. The van der Waals surface area contributed by atoms with E-state index in [-0.39, 0.29) is 29.7 Å². The Hall–Kier alpha value is -2.04. The third kappa shape index (κ3) is 2.99. The van der Waals surface area contributed by atoms with Gasteiger partial charge in [-0.1, -0.05) is 6.07 Å². The molecular formula is C23H30N2O3. The van der Waals surface area contributed by atoms with E-state index in [2.05, 4.69) is 5.32 Å². The lowest BCUT2D eigenvalue weighted by Gasteiger charge is -2.57. The first-order valence-corrected chi connectivity index (χ1v) is 10.7. The van der Waals surface area contributed by atoms with Gasteiger partial charge in [0, 0.05) is 18.5 Å². The highest BCUT2D eigenvalue weighted by molar-refractivity contribution is 6.01. The normalized spacial score (nSPS) is 36.1. The predicted molar refractivity (Wildman–Crippen MR) is 107 cm³/mol. The molecule has 1 heterocycles. The first-order valence-electron chi connectivity index (χ1n) is 10.7. The molecule has 1 aromatic rings. The van der Waals surface area contributed by atoms with E-state index in [1.54, 1.807) is 12.0 Å². The molecule has 2 amide bonds. The molecule has 0 aromatic heterocycles. The van der Waals surface area contributed by atoms with Crippen LogP contribution in [-0.4, -0.2) is 31.0 Å². The van der Waals surface area contributed by atoms with Gasteiger partial charge in [-0.15, -0.1) is 0 Å². The highest BCUT2D eigenvalue weighted by Gasteiger charge is 2.52. The molecule has 4 bridgehead atoms. The van der Waals surface area contributed by atoms with Crippen LogP contribution >= 0.6 is 0 Å². The number of carbonyl (C=O) groups is 2. The van der Waals surface area contributed by atoms with Gasteiger partial charge < -0.3 is 15.0 Å². The van der Waals surface area contributed by atoms with Gasteiger partial charge in [0.15, 0.2) is 0 Å². The van der Waals surface area contributed by atoms with Gasteiger partial charge in [-0.25, -0.2) is 0 Å². The SMILES string of the molecule is COc1ccc(C)cc1N1C[C@H](C(=O)NC23CC4CC(CC(C4)C2)C3)CC1=O. The van der Waals surface area contributed by atoms with E-state index in [9.17, 15) is 9.59 Å². The van der Waals surface area contributed by atoms with Crippen LogP contribution in [-0.2, 0) is 9.59 Å². The molecule has 1 aromatic carbocycles. The van der Waals surface area contributed by atoms with Crippen LogP contribution in [0, 0.1) is 30.6 Å². The molecule has 6 rings (SSSR count). The van der Waals surface area contributed by atoms with Crippen molar-refractivity contribution in [2.45, 2.75) is 57.4 Å². The molecule has 1 N–H and O–H groups in total. The van der Waals surface area contributed by atoms with Crippen LogP contribution in [0.3, 0.4) is 0 Å². The predicted octanol–water partition coefficient (Wildman–Crippen LogP) is 3.44. The van der Waals surface area contributed by atoms with Crippen molar-refractivity contribution in [1.82, 2.24) is 5.32 Å². The number of anilines is 1. The van der Waals surface area contributed by atoms with Gasteiger partial charge in [-0.3, -0.25) is 9.59 Å². The summed E-state index contributed by atoms with van der Waals surface area (Å²) in [5.74, 6) is 2.88. The molecule has 5 nitrogen and oxygen atoms in total. The van der Waals surface area contributed by atoms with Crippen LogP contribution in [0.15, 0.2) is 18.2 Å². The Morgan fingerprint density at radius 2 is 1.79 bits per heavy atom. The summed E-state index contributed by atoms with van der Waals surface area (Å²) >= 11 is 0. The number of nitrogens with one attached hydrogen (secondary N) is 1. The van der Waals surface area contributed by atoms with Crippen LogP contribution in [0.5, 0.6) is 5.75 Å². The maximum absolute atomic E-state index is 13.2. The second-order valence-electron chi connectivity index (χ2n) is 9.77. The van der Waals surface area contributed by atoms with Gasteiger partial charge in [0.25, 0.3) is 0 Å². The molecule has 5 heteroatoms. The second kappa shape index (κ2) is 6.50. The van der Waals surface area contributed by atoms with Crippen molar-refractivity contribution in [3.8, 4) is 5.75 Å². The van der Waals surface area contributed by atoms with Gasteiger partial charge >= 0.3 is 0 Å².